The fourth-order valence-corrected chi connectivity index (χ4v) is 3.92. The molecule has 3 aromatic carbocycles. The van der Waals surface area contributed by atoms with Crippen LogP contribution in [0.5, 0.6) is 11.5 Å². The molecule has 0 amide bonds. The van der Waals surface area contributed by atoms with Crippen LogP contribution in [0.3, 0.4) is 0 Å². The lowest BCUT2D eigenvalue weighted by Crippen LogP contribution is -2.00. The first kappa shape index (κ1) is 22.9. The zero-order valence-electron chi connectivity index (χ0n) is 18.1. The minimum absolute atomic E-state index is 0.475. The SMILES string of the molecule is CCOc1cc(/C=N\n2cnnc2SCc2ccc(Cl)cc2)ccc1OCc1ccccc1. The minimum Gasteiger partial charge on any atom is -0.490 e. The molecule has 0 unspecified atom stereocenters. The Balaban J connectivity index is 1.43. The Morgan fingerprint density at radius 2 is 1.79 bits per heavy atom. The van der Waals surface area contributed by atoms with Gasteiger partial charge in [0.1, 0.15) is 12.9 Å². The molecule has 0 atom stereocenters. The standard InChI is InChI=1S/C25H23ClN4O2S/c1-2-31-24-14-21(10-13-23(24)32-16-19-6-4-3-5-7-19)15-28-30-18-27-29-25(30)33-17-20-8-11-22(26)12-9-20/h3-15,18H,2,16-17H2,1H3/b28-15-. The maximum Gasteiger partial charge on any atom is 0.212 e. The van der Waals surface area contributed by atoms with Crippen molar-refractivity contribution in [2.24, 2.45) is 5.10 Å². The van der Waals surface area contributed by atoms with Crippen molar-refractivity contribution in [3.8, 4) is 11.5 Å². The van der Waals surface area contributed by atoms with E-state index < -0.39 is 0 Å². The Labute approximate surface area is 202 Å². The molecule has 0 fully saturated rings. The van der Waals surface area contributed by atoms with Crippen LogP contribution in [0.2, 0.25) is 5.02 Å². The van der Waals surface area contributed by atoms with Gasteiger partial charge in [-0.2, -0.15) is 9.78 Å². The second-order valence-electron chi connectivity index (χ2n) is 7.03. The summed E-state index contributed by atoms with van der Waals surface area (Å²) >= 11 is 7.51. The predicted octanol–water partition coefficient (Wildman–Crippen LogP) is 6.08. The van der Waals surface area contributed by atoms with Gasteiger partial charge in [0.25, 0.3) is 0 Å². The summed E-state index contributed by atoms with van der Waals surface area (Å²) < 4.78 is 13.4. The molecule has 1 aromatic heterocycles. The summed E-state index contributed by atoms with van der Waals surface area (Å²) in [5.74, 6) is 2.12. The molecule has 0 saturated carbocycles. The van der Waals surface area contributed by atoms with Gasteiger partial charge in [0.2, 0.25) is 5.16 Å². The van der Waals surface area contributed by atoms with E-state index in [0.29, 0.717) is 29.9 Å². The smallest absolute Gasteiger partial charge is 0.212 e. The Hall–Kier alpha value is -3.29. The van der Waals surface area contributed by atoms with Gasteiger partial charge in [-0.15, -0.1) is 10.2 Å². The van der Waals surface area contributed by atoms with Crippen LogP contribution in [0.1, 0.15) is 23.6 Å². The maximum atomic E-state index is 5.98. The first-order valence-corrected chi connectivity index (χ1v) is 11.8. The van der Waals surface area contributed by atoms with Crippen molar-refractivity contribution < 1.29 is 9.47 Å². The highest BCUT2D eigenvalue weighted by molar-refractivity contribution is 7.98. The Morgan fingerprint density at radius 1 is 0.970 bits per heavy atom. The summed E-state index contributed by atoms with van der Waals surface area (Å²) in [4.78, 5) is 0. The van der Waals surface area contributed by atoms with Gasteiger partial charge in [-0.1, -0.05) is 65.8 Å². The van der Waals surface area contributed by atoms with Crippen LogP contribution >= 0.6 is 23.4 Å². The lowest BCUT2D eigenvalue weighted by atomic mass is 10.2. The largest absolute Gasteiger partial charge is 0.490 e. The predicted molar refractivity (Wildman–Crippen MR) is 132 cm³/mol. The molecule has 4 rings (SSSR count). The number of benzene rings is 3. The second-order valence-corrected chi connectivity index (χ2v) is 8.41. The molecule has 0 spiro atoms. The van der Waals surface area contributed by atoms with E-state index in [0.717, 1.165) is 27.5 Å². The zero-order valence-corrected chi connectivity index (χ0v) is 19.7. The summed E-state index contributed by atoms with van der Waals surface area (Å²) in [5.41, 5.74) is 3.13. The molecule has 33 heavy (non-hydrogen) atoms. The average Bonchev–Trinajstić information content (AvgIpc) is 3.30. The molecular formula is C25H23ClN4O2S. The van der Waals surface area contributed by atoms with E-state index in [4.69, 9.17) is 21.1 Å². The van der Waals surface area contributed by atoms with E-state index in [-0.39, 0.29) is 0 Å². The highest BCUT2D eigenvalue weighted by atomic mass is 35.5. The van der Waals surface area contributed by atoms with Crippen LogP contribution in [0, 0.1) is 0 Å². The molecule has 4 aromatic rings. The van der Waals surface area contributed by atoms with Crippen LogP contribution in [-0.4, -0.2) is 27.7 Å². The molecule has 0 radical (unpaired) electrons. The van der Waals surface area contributed by atoms with Gasteiger partial charge in [0.15, 0.2) is 11.5 Å². The van der Waals surface area contributed by atoms with Gasteiger partial charge >= 0.3 is 0 Å². The van der Waals surface area contributed by atoms with Crippen molar-refractivity contribution in [1.29, 1.82) is 0 Å². The molecule has 1 heterocycles. The van der Waals surface area contributed by atoms with Crippen molar-refractivity contribution in [1.82, 2.24) is 14.9 Å². The van der Waals surface area contributed by atoms with Crippen LogP contribution in [-0.2, 0) is 12.4 Å². The minimum atomic E-state index is 0.475. The van der Waals surface area contributed by atoms with Crippen LogP contribution in [0.15, 0.2) is 89.4 Å². The fourth-order valence-electron chi connectivity index (χ4n) is 2.98. The molecule has 168 valence electrons. The second kappa shape index (κ2) is 11.5. The van der Waals surface area contributed by atoms with E-state index in [9.17, 15) is 0 Å². The van der Waals surface area contributed by atoms with Gasteiger partial charge < -0.3 is 9.47 Å². The van der Waals surface area contributed by atoms with Gasteiger partial charge in [0.05, 0.1) is 12.8 Å². The highest BCUT2D eigenvalue weighted by Crippen LogP contribution is 2.29. The molecule has 0 saturated heterocycles. The highest BCUT2D eigenvalue weighted by Gasteiger charge is 2.08. The third kappa shape index (κ3) is 6.60. The molecule has 8 heteroatoms. The molecule has 0 N–H and O–H groups in total. The number of ether oxygens (including phenoxy) is 2. The van der Waals surface area contributed by atoms with Crippen LogP contribution in [0.25, 0.3) is 0 Å². The number of halogens is 1. The Morgan fingerprint density at radius 3 is 2.58 bits per heavy atom. The monoisotopic (exact) mass is 478 g/mol. The summed E-state index contributed by atoms with van der Waals surface area (Å²) in [5, 5.41) is 14.1. The average molecular weight is 479 g/mol. The van der Waals surface area contributed by atoms with E-state index in [1.54, 1.807) is 29.0 Å². The molecule has 0 aliphatic carbocycles. The zero-order chi connectivity index (χ0) is 22.9. The lowest BCUT2D eigenvalue weighted by Gasteiger charge is -2.12. The maximum absolute atomic E-state index is 5.98. The number of hydrogen-bond acceptors (Lipinski definition) is 6. The summed E-state index contributed by atoms with van der Waals surface area (Å²) in [6, 6.07) is 23.5. The topological polar surface area (TPSA) is 61.5 Å². The van der Waals surface area contributed by atoms with Crippen molar-refractivity contribution in [2.75, 3.05) is 6.61 Å². The van der Waals surface area contributed by atoms with Crippen molar-refractivity contribution in [3.05, 3.63) is 101 Å². The molecule has 0 aliphatic rings. The summed E-state index contributed by atoms with van der Waals surface area (Å²) in [7, 11) is 0. The van der Waals surface area contributed by atoms with Crippen LogP contribution in [0.4, 0.5) is 0 Å². The Bertz CT molecular complexity index is 1200. The van der Waals surface area contributed by atoms with E-state index in [1.165, 1.54) is 0 Å². The van der Waals surface area contributed by atoms with Crippen molar-refractivity contribution in [3.63, 3.8) is 0 Å². The van der Waals surface area contributed by atoms with Crippen molar-refractivity contribution >= 4 is 29.6 Å². The fraction of sp³-hybridized carbons (Fsp3) is 0.160. The summed E-state index contributed by atoms with van der Waals surface area (Å²) in [6.45, 7) is 2.96. The normalized spacial score (nSPS) is 11.1. The number of aromatic nitrogens is 3. The number of thioether (sulfide) groups is 1. The number of rotatable bonds is 10. The number of nitrogens with zero attached hydrogens (tertiary/aromatic N) is 4. The lowest BCUT2D eigenvalue weighted by molar-refractivity contribution is 0.269. The first-order valence-electron chi connectivity index (χ1n) is 10.5. The van der Waals surface area contributed by atoms with E-state index in [2.05, 4.69) is 15.3 Å². The quantitative estimate of drug-likeness (QED) is 0.204. The molecular weight excluding hydrogens is 456 g/mol. The van der Waals surface area contributed by atoms with Gasteiger partial charge in [-0.05, 0) is 53.9 Å². The molecule has 6 nitrogen and oxygen atoms in total. The number of hydrogen-bond donors (Lipinski definition) is 0. The van der Waals surface area contributed by atoms with Crippen LogP contribution < -0.4 is 9.47 Å². The van der Waals surface area contributed by atoms with Crippen molar-refractivity contribution in [2.45, 2.75) is 24.4 Å². The van der Waals surface area contributed by atoms with Gasteiger partial charge in [-0.25, -0.2) is 0 Å². The van der Waals surface area contributed by atoms with E-state index in [1.807, 2.05) is 79.7 Å². The van der Waals surface area contributed by atoms with Gasteiger partial charge in [-0.3, -0.25) is 0 Å². The molecule has 0 bridgehead atoms. The van der Waals surface area contributed by atoms with Gasteiger partial charge in [0, 0.05) is 10.8 Å². The third-order valence-electron chi connectivity index (χ3n) is 4.62. The summed E-state index contributed by atoms with van der Waals surface area (Å²) in [6.07, 6.45) is 3.33. The van der Waals surface area contributed by atoms with E-state index >= 15 is 0 Å². The third-order valence-corrected chi connectivity index (χ3v) is 5.87. The molecule has 0 aliphatic heterocycles. The Kier molecular flexibility index (Phi) is 8.00. The first-order chi connectivity index (χ1) is 16.2.